The first kappa shape index (κ1) is 19.5. The van der Waals surface area contributed by atoms with Crippen LogP contribution < -0.4 is 0 Å². The number of aromatic nitrogens is 4. The van der Waals surface area contributed by atoms with Crippen LogP contribution in [0.3, 0.4) is 0 Å². The van der Waals surface area contributed by atoms with Crippen molar-refractivity contribution >= 4 is 34.3 Å². The molecule has 0 spiro atoms. The van der Waals surface area contributed by atoms with Crippen molar-refractivity contribution in [3.8, 4) is 16.9 Å². The third-order valence-corrected chi connectivity index (χ3v) is 5.00. The van der Waals surface area contributed by atoms with Gasteiger partial charge in [-0.15, -0.1) is 0 Å². The zero-order valence-corrected chi connectivity index (χ0v) is 16.4. The fourth-order valence-corrected chi connectivity index (χ4v) is 3.75. The van der Waals surface area contributed by atoms with Gasteiger partial charge in [0.2, 0.25) is 0 Å². The first-order valence-electron chi connectivity index (χ1n) is 8.57. The lowest BCUT2D eigenvalue weighted by molar-refractivity contribution is -0.384. The normalized spacial score (nSPS) is 11.2. The number of fused-ring (bicyclic) bond motifs is 1. The van der Waals surface area contributed by atoms with Crippen LogP contribution in [0.15, 0.2) is 36.7 Å². The molecule has 0 amide bonds. The van der Waals surface area contributed by atoms with Crippen LogP contribution in [0, 0.1) is 22.9 Å². The molecule has 11 heteroatoms. The van der Waals surface area contributed by atoms with Crippen LogP contribution in [0.5, 0.6) is 0 Å². The Kier molecular flexibility index (Phi) is 4.50. The first-order chi connectivity index (χ1) is 14.2. The number of aromatic carboxylic acids is 1. The Hall–Kier alpha value is -3.79. The smallest absolute Gasteiger partial charge is 0.338 e. The summed E-state index contributed by atoms with van der Waals surface area (Å²) >= 11 is 6.26. The molecule has 2 aromatic heterocycles. The Morgan fingerprint density at radius 1 is 1.30 bits per heavy atom. The number of non-ortho nitro benzene ring substituents is 1. The van der Waals surface area contributed by atoms with Gasteiger partial charge in [-0.1, -0.05) is 11.6 Å². The lowest BCUT2D eigenvalue weighted by Gasteiger charge is -2.11. The number of aryl methyl sites for hydroxylation is 2. The average Bonchev–Trinajstić information content (AvgIpc) is 3.20. The summed E-state index contributed by atoms with van der Waals surface area (Å²) < 4.78 is 16.6. The van der Waals surface area contributed by atoms with Crippen LogP contribution in [0.4, 0.5) is 10.1 Å². The second-order valence-corrected chi connectivity index (χ2v) is 6.98. The zero-order valence-electron chi connectivity index (χ0n) is 15.6. The van der Waals surface area contributed by atoms with Gasteiger partial charge in [0.25, 0.3) is 5.69 Å². The van der Waals surface area contributed by atoms with E-state index in [1.807, 2.05) is 0 Å². The van der Waals surface area contributed by atoms with Gasteiger partial charge in [0.05, 0.1) is 32.2 Å². The Morgan fingerprint density at radius 3 is 2.67 bits per heavy atom. The molecule has 0 aliphatic rings. The lowest BCUT2D eigenvalue weighted by Crippen LogP contribution is -2.07. The molecular formula is C19H13ClFN5O4. The van der Waals surface area contributed by atoms with Gasteiger partial charge in [-0.25, -0.2) is 14.2 Å². The molecule has 0 unspecified atom stereocenters. The molecule has 1 N–H and O–H groups in total. The SMILES string of the molecule is Cc1nn(C)c(-n2cnc3cc([N+](=O)[O-])cc(C(=O)O)c32)c1-c1ccc(F)cc1Cl. The molecule has 0 atom stereocenters. The van der Waals surface area contributed by atoms with Gasteiger partial charge >= 0.3 is 5.97 Å². The van der Waals surface area contributed by atoms with Crippen molar-refractivity contribution in [2.24, 2.45) is 7.05 Å². The van der Waals surface area contributed by atoms with Crippen LogP contribution in [0.1, 0.15) is 16.1 Å². The minimum Gasteiger partial charge on any atom is -0.478 e. The summed E-state index contributed by atoms with van der Waals surface area (Å²) in [7, 11) is 1.65. The number of imidazole rings is 1. The summed E-state index contributed by atoms with van der Waals surface area (Å²) in [6.07, 6.45) is 1.36. The lowest BCUT2D eigenvalue weighted by atomic mass is 10.0. The molecule has 2 aromatic carbocycles. The molecule has 0 bridgehead atoms. The molecule has 2 heterocycles. The maximum Gasteiger partial charge on any atom is 0.338 e. The van der Waals surface area contributed by atoms with Crippen molar-refractivity contribution in [3.63, 3.8) is 0 Å². The van der Waals surface area contributed by atoms with Gasteiger partial charge in [-0.3, -0.25) is 19.4 Å². The highest BCUT2D eigenvalue weighted by atomic mass is 35.5. The summed E-state index contributed by atoms with van der Waals surface area (Å²) in [6.45, 7) is 1.74. The highest BCUT2D eigenvalue weighted by Gasteiger charge is 2.25. The maximum atomic E-state index is 13.6. The number of hydrogen-bond donors (Lipinski definition) is 1. The molecule has 0 saturated carbocycles. The number of halogens is 2. The molecular weight excluding hydrogens is 417 g/mol. The van der Waals surface area contributed by atoms with Gasteiger partial charge in [-0.05, 0) is 25.1 Å². The number of carboxylic acids is 1. The van der Waals surface area contributed by atoms with E-state index in [1.54, 1.807) is 14.0 Å². The second-order valence-electron chi connectivity index (χ2n) is 6.57. The van der Waals surface area contributed by atoms with Crippen molar-refractivity contribution in [2.45, 2.75) is 6.92 Å². The van der Waals surface area contributed by atoms with Gasteiger partial charge in [0.1, 0.15) is 18.0 Å². The molecule has 9 nitrogen and oxygen atoms in total. The molecule has 152 valence electrons. The molecule has 0 aliphatic carbocycles. The van der Waals surface area contributed by atoms with Crippen LogP contribution in [0.2, 0.25) is 5.02 Å². The number of nitro benzene ring substituents is 1. The van der Waals surface area contributed by atoms with Crippen molar-refractivity contribution in [1.82, 2.24) is 19.3 Å². The Labute approximate surface area is 173 Å². The zero-order chi connectivity index (χ0) is 21.7. The van der Waals surface area contributed by atoms with Gasteiger partial charge in [0.15, 0.2) is 0 Å². The maximum absolute atomic E-state index is 13.6. The van der Waals surface area contributed by atoms with E-state index in [9.17, 15) is 24.4 Å². The predicted octanol–water partition coefficient (Wildman–Crippen LogP) is 4.13. The number of carbonyl (C=O) groups is 1. The quantitative estimate of drug-likeness (QED) is 0.385. The Bertz CT molecular complexity index is 1360. The minimum absolute atomic E-state index is 0.136. The van der Waals surface area contributed by atoms with Crippen LogP contribution in [-0.2, 0) is 7.05 Å². The standard InChI is InChI=1S/C19H13ClFN5O4/c1-9-16(12-4-3-10(21)5-14(12)20)18(24(2)23-9)25-8-22-15-7-11(26(29)30)6-13(17(15)25)19(27)28/h3-8H,1-2H3,(H,27,28). The van der Waals surface area contributed by atoms with E-state index in [4.69, 9.17) is 11.6 Å². The predicted molar refractivity (Wildman–Crippen MR) is 107 cm³/mol. The summed E-state index contributed by atoms with van der Waals surface area (Å²) in [5.74, 6) is -1.41. The average molecular weight is 430 g/mol. The fourth-order valence-electron chi connectivity index (χ4n) is 3.49. The van der Waals surface area contributed by atoms with Crippen molar-refractivity contribution in [1.29, 1.82) is 0 Å². The summed E-state index contributed by atoms with van der Waals surface area (Å²) in [5.41, 5.74) is 1.25. The topological polar surface area (TPSA) is 116 Å². The van der Waals surface area contributed by atoms with Crippen molar-refractivity contribution in [2.75, 3.05) is 0 Å². The van der Waals surface area contributed by atoms with E-state index >= 15 is 0 Å². The third-order valence-electron chi connectivity index (χ3n) is 4.69. The number of hydrogen-bond acceptors (Lipinski definition) is 5. The molecule has 0 saturated heterocycles. The molecule has 0 fully saturated rings. The number of nitro groups is 1. The molecule has 30 heavy (non-hydrogen) atoms. The summed E-state index contributed by atoms with van der Waals surface area (Å²) in [4.78, 5) is 26.5. The van der Waals surface area contributed by atoms with E-state index < -0.39 is 16.7 Å². The van der Waals surface area contributed by atoms with Gasteiger partial charge in [0, 0.05) is 30.3 Å². The summed E-state index contributed by atoms with van der Waals surface area (Å²) in [5, 5.41) is 25.4. The molecule has 4 aromatic rings. The van der Waals surface area contributed by atoms with Crippen LogP contribution >= 0.6 is 11.6 Å². The summed E-state index contributed by atoms with van der Waals surface area (Å²) in [6, 6.07) is 6.12. The number of rotatable bonds is 4. The second kappa shape index (κ2) is 6.92. The van der Waals surface area contributed by atoms with E-state index in [2.05, 4.69) is 10.1 Å². The molecule has 4 rings (SSSR count). The Balaban J connectivity index is 2.08. The highest BCUT2D eigenvalue weighted by molar-refractivity contribution is 6.33. The number of nitrogens with zero attached hydrogens (tertiary/aromatic N) is 5. The van der Waals surface area contributed by atoms with Crippen molar-refractivity contribution in [3.05, 3.63) is 68.9 Å². The van der Waals surface area contributed by atoms with Gasteiger partial charge < -0.3 is 5.11 Å². The van der Waals surface area contributed by atoms with E-state index in [1.165, 1.54) is 39.8 Å². The monoisotopic (exact) mass is 429 g/mol. The fraction of sp³-hybridized carbons (Fsp3) is 0.105. The van der Waals surface area contributed by atoms with Crippen LogP contribution in [0.25, 0.3) is 28.0 Å². The number of carboxylic acid groups (broad SMARTS) is 1. The number of benzene rings is 2. The third kappa shape index (κ3) is 2.98. The largest absolute Gasteiger partial charge is 0.478 e. The molecule has 0 aliphatic heterocycles. The van der Waals surface area contributed by atoms with Crippen molar-refractivity contribution < 1.29 is 19.2 Å². The van der Waals surface area contributed by atoms with Gasteiger partial charge in [-0.2, -0.15) is 5.10 Å². The molecule has 0 radical (unpaired) electrons. The van der Waals surface area contributed by atoms with Crippen LogP contribution in [-0.4, -0.2) is 35.3 Å². The first-order valence-corrected chi connectivity index (χ1v) is 8.95. The minimum atomic E-state index is -1.34. The Morgan fingerprint density at radius 2 is 2.03 bits per heavy atom. The highest BCUT2D eigenvalue weighted by Crippen LogP contribution is 2.37. The van der Waals surface area contributed by atoms with E-state index in [0.29, 0.717) is 22.6 Å². The van der Waals surface area contributed by atoms with E-state index in [-0.39, 0.29) is 27.3 Å². The van der Waals surface area contributed by atoms with E-state index in [0.717, 1.165) is 6.07 Å².